The van der Waals surface area contributed by atoms with Crippen LogP contribution in [0.3, 0.4) is 0 Å². The van der Waals surface area contributed by atoms with Crippen LogP contribution in [0.4, 0.5) is 0 Å². The Bertz CT molecular complexity index is 58.8. The average Bonchev–Trinajstić information content (AvgIpc) is 1.59. The van der Waals surface area contributed by atoms with Gasteiger partial charge in [0.15, 0.2) is 0 Å². The summed E-state index contributed by atoms with van der Waals surface area (Å²) in [5.74, 6) is 0. The summed E-state index contributed by atoms with van der Waals surface area (Å²) in [6.45, 7) is 1.93. The average molecular weight is 76.1 g/mol. The standard InChI is InChI=1S/C4H9O/c1-3-4-5-2/h3H,4H2,1-2H3/i2D3. The van der Waals surface area contributed by atoms with Crippen LogP contribution in [-0.2, 0) is 4.74 Å². The quantitative estimate of drug-likeness (QED) is 0.474. The maximum atomic E-state index is 6.53. The molecule has 0 saturated carbocycles. The zero-order valence-corrected chi connectivity index (χ0v) is 3.19. The first-order valence-corrected chi connectivity index (χ1v) is 1.48. The summed E-state index contributed by atoms with van der Waals surface area (Å²) >= 11 is 0. The summed E-state index contributed by atoms with van der Waals surface area (Å²) in [6.07, 6.45) is 1.65. The monoisotopic (exact) mass is 76.1 g/mol. The molecule has 1 radical (unpaired) electrons. The lowest BCUT2D eigenvalue weighted by atomic mass is 10.5. The molecule has 1 heteroatoms. The Kier molecular flexibility index (Phi) is 1.27. The third kappa shape index (κ3) is 3.96. The van der Waals surface area contributed by atoms with Gasteiger partial charge in [0.25, 0.3) is 0 Å². The molecule has 0 N–H and O–H groups in total. The van der Waals surface area contributed by atoms with Crippen molar-refractivity contribution in [2.24, 2.45) is 0 Å². The summed E-state index contributed by atoms with van der Waals surface area (Å²) in [4.78, 5) is 0. The van der Waals surface area contributed by atoms with E-state index in [0.29, 0.717) is 0 Å². The summed E-state index contributed by atoms with van der Waals surface area (Å²) in [5.41, 5.74) is 0. The summed E-state index contributed by atoms with van der Waals surface area (Å²) < 4.78 is 23.9. The number of rotatable bonds is 2. The van der Waals surface area contributed by atoms with E-state index in [2.05, 4.69) is 4.74 Å². The van der Waals surface area contributed by atoms with Gasteiger partial charge in [-0.05, 0) is 6.42 Å². The SMILES string of the molecule is [2H]C([2H])([2H])OC[CH]C. The molecule has 0 aliphatic heterocycles. The molecule has 0 aromatic rings. The second-order valence-corrected chi connectivity index (χ2v) is 0.719. The third-order valence-electron chi connectivity index (χ3n) is 0.250. The van der Waals surface area contributed by atoms with E-state index in [1.54, 1.807) is 13.3 Å². The van der Waals surface area contributed by atoms with Crippen molar-refractivity contribution in [2.75, 3.05) is 13.6 Å². The van der Waals surface area contributed by atoms with Gasteiger partial charge in [0.1, 0.15) is 0 Å². The highest BCUT2D eigenvalue weighted by atomic mass is 16.5. The van der Waals surface area contributed by atoms with E-state index < -0.39 is 7.04 Å². The van der Waals surface area contributed by atoms with E-state index >= 15 is 0 Å². The van der Waals surface area contributed by atoms with Crippen molar-refractivity contribution in [3.63, 3.8) is 0 Å². The van der Waals surface area contributed by atoms with E-state index in [1.807, 2.05) is 0 Å². The first kappa shape index (κ1) is 1.61. The van der Waals surface area contributed by atoms with Crippen molar-refractivity contribution < 1.29 is 8.85 Å². The highest BCUT2D eigenvalue weighted by Crippen LogP contribution is 1.68. The van der Waals surface area contributed by atoms with Crippen LogP contribution in [0.15, 0.2) is 0 Å². The minimum Gasteiger partial charge on any atom is -0.384 e. The van der Waals surface area contributed by atoms with Gasteiger partial charge in [0.05, 0.1) is 4.11 Å². The molecular weight excluding hydrogens is 64.0 g/mol. The van der Waals surface area contributed by atoms with Gasteiger partial charge in [-0.3, -0.25) is 0 Å². The topological polar surface area (TPSA) is 9.23 Å². The Hall–Kier alpha value is -0.0400. The Morgan fingerprint density at radius 1 is 2.20 bits per heavy atom. The highest BCUT2D eigenvalue weighted by Gasteiger charge is 1.66. The first-order valence-electron chi connectivity index (χ1n) is 2.98. The van der Waals surface area contributed by atoms with Crippen molar-refractivity contribution in [3.8, 4) is 0 Å². The second kappa shape index (κ2) is 3.96. The van der Waals surface area contributed by atoms with Crippen LogP contribution in [0.2, 0.25) is 0 Å². The van der Waals surface area contributed by atoms with Gasteiger partial charge in [-0.2, -0.15) is 0 Å². The Morgan fingerprint density at radius 2 is 3.00 bits per heavy atom. The molecule has 5 heavy (non-hydrogen) atoms. The van der Waals surface area contributed by atoms with E-state index in [4.69, 9.17) is 4.11 Å². The zero-order valence-electron chi connectivity index (χ0n) is 6.19. The van der Waals surface area contributed by atoms with Crippen LogP contribution in [-0.4, -0.2) is 13.6 Å². The summed E-state index contributed by atoms with van der Waals surface area (Å²) in [5, 5.41) is 0. The van der Waals surface area contributed by atoms with Crippen molar-refractivity contribution in [2.45, 2.75) is 6.92 Å². The van der Waals surface area contributed by atoms with Gasteiger partial charge in [0.2, 0.25) is 0 Å². The number of hydrogen-bond acceptors (Lipinski definition) is 1. The fourth-order valence-electron chi connectivity index (χ4n) is 0.0833. The van der Waals surface area contributed by atoms with Crippen LogP contribution >= 0.6 is 0 Å². The lowest BCUT2D eigenvalue weighted by molar-refractivity contribution is 0.223. The fraction of sp³-hybridized carbons (Fsp3) is 0.750. The summed E-state index contributed by atoms with van der Waals surface area (Å²) in [6, 6.07) is 0. The summed E-state index contributed by atoms with van der Waals surface area (Å²) in [7, 11) is -2.23. The number of ether oxygens (including phenoxy) is 1. The molecule has 0 saturated heterocycles. The lowest BCUT2D eigenvalue weighted by Gasteiger charge is -1.84. The minimum atomic E-state index is -2.23. The third-order valence-corrected chi connectivity index (χ3v) is 0.250. The van der Waals surface area contributed by atoms with Crippen LogP contribution in [0.25, 0.3) is 0 Å². The Balaban J connectivity index is 3.11. The van der Waals surface area contributed by atoms with Gasteiger partial charge in [-0.1, -0.05) is 6.92 Å². The molecule has 0 spiro atoms. The van der Waals surface area contributed by atoms with Crippen molar-refractivity contribution in [1.29, 1.82) is 0 Å². The molecule has 0 fully saturated rings. The molecule has 0 aromatic carbocycles. The normalized spacial score (nSPS) is 19.8. The fourth-order valence-corrected chi connectivity index (χ4v) is 0.0833. The molecule has 0 atom stereocenters. The van der Waals surface area contributed by atoms with Crippen molar-refractivity contribution >= 4 is 0 Å². The van der Waals surface area contributed by atoms with E-state index in [0.717, 1.165) is 0 Å². The van der Waals surface area contributed by atoms with Crippen LogP contribution in [0.5, 0.6) is 0 Å². The Morgan fingerprint density at radius 3 is 3.20 bits per heavy atom. The van der Waals surface area contributed by atoms with Crippen LogP contribution in [0, 0.1) is 6.42 Å². The molecule has 0 rings (SSSR count). The maximum Gasteiger partial charge on any atom is 0.0530 e. The molecule has 0 aliphatic rings. The Labute approximate surface area is 37.2 Å². The highest BCUT2D eigenvalue weighted by molar-refractivity contribution is 4.48. The first-order chi connectivity index (χ1) is 3.56. The predicted molar refractivity (Wildman–Crippen MR) is 21.8 cm³/mol. The lowest BCUT2D eigenvalue weighted by Crippen LogP contribution is -1.81. The van der Waals surface area contributed by atoms with Gasteiger partial charge in [-0.25, -0.2) is 0 Å². The van der Waals surface area contributed by atoms with E-state index in [9.17, 15) is 0 Å². The van der Waals surface area contributed by atoms with Crippen molar-refractivity contribution in [3.05, 3.63) is 6.42 Å². The molecular formula is C4H9O. The van der Waals surface area contributed by atoms with Gasteiger partial charge >= 0.3 is 0 Å². The van der Waals surface area contributed by atoms with Crippen LogP contribution in [0.1, 0.15) is 11.0 Å². The second-order valence-electron chi connectivity index (χ2n) is 0.719. The molecule has 0 aliphatic carbocycles. The van der Waals surface area contributed by atoms with E-state index in [-0.39, 0.29) is 6.61 Å². The number of methoxy groups -OCH3 is 1. The largest absolute Gasteiger partial charge is 0.384 e. The van der Waals surface area contributed by atoms with Gasteiger partial charge in [0, 0.05) is 13.6 Å². The van der Waals surface area contributed by atoms with E-state index in [1.165, 1.54) is 0 Å². The number of hydrogen-bond donors (Lipinski definition) is 0. The molecule has 1 nitrogen and oxygen atoms in total. The predicted octanol–water partition coefficient (Wildman–Crippen LogP) is 0.857. The zero-order chi connectivity index (χ0) is 6.62. The molecule has 0 aromatic heterocycles. The molecule has 0 amide bonds. The van der Waals surface area contributed by atoms with Crippen LogP contribution < -0.4 is 0 Å². The van der Waals surface area contributed by atoms with Crippen molar-refractivity contribution in [1.82, 2.24) is 0 Å². The minimum absolute atomic E-state index is 0.191. The molecule has 0 heterocycles. The molecule has 31 valence electrons. The van der Waals surface area contributed by atoms with Gasteiger partial charge < -0.3 is 4.74 Å². The molecule has 0 unspecified atom stereocenters. The van der Waals surface area contributed by atoms with Gasteiger partial charge in [-0.15, -0.1) is 0 Å². The maximum absolute atomic E-state index is 6.53. The smallest absolute Gasteiger partial charge is 0.0530 e. The molecule has 0 bridgehead atoms.